The van der Waals surface area contributed by atoms with Gasteiger partial charge in [0, 0.05) is 5.56 Å². The molecule has 3 rings (SSSR count). The Balaban J connectivity index is 1.59. The van der Waals surface area contributed by atoms with Crippen LogP contribution in [0.1, 0.15) is 11.1 Å². The normalized spacial score (nSPS) is 12.6. The molecular formula is C18H18O5. The first kappa shape index (κ1) is 15.2. The zero-order valence-electron chi connectivity index (χ0n) is 12.9. The fourth-order valence-corrected chi connectivity index (χ4v) is 2.40. The van der Waals surface area contributed by atoms with Crippen molar-refractivity contribution < 1.29 is 23.7 Å². The predicted octanol–water partition coefficient (Wildman–Crippen LogP) is 2.75. The highest BCUT2D eigenvalue weighted by Crippen LogP contribution is 2.31. The van der Waals surface area contributed by atoms with Crippen LogP contribution in [0.15, 0.2) is 42.5 Å². The lowest BCUT2D eigenvalue weighted by Crippen LogP contribution is -2.16. The van der Waals surface area contributed by atoms with E-state index in [0.29, 0.717) is 30.5 Å². The van der Waals surface area contributed by atoms with Crippen LogP contribution < -0.4 is 14.2 Å². The molecule has 0 spiro atoms. The van der Waals surface area contributed by atoms with Gasteiger partial charge in [0.25, 0.3) is 0 Å². The molecule has 5 nitrogen and oxygen atoms in total. The van der Waals surface area contributed by atoms with Gasteiger partial charge in [0.1, 0.15) is 25.6 Å². The van der Waals surface area contributed by atoms with Gasteiger partial charge < -0.3 is 18.9 Å². The Morgan fingerprint density at radius 1 is 1.09 bits per heavy atom. The number of carbonyl (C=O) groups excluding carboxylic acids is 1. The molecule has 1 heterocycles. The molecule has 1 aliphatic rings. The van der Waals surface area contributed by atoms with Crippen LogP contribution in [0.3, 0.4) is 0 Å². The van der Waals surface area contributed by atoms with Gasteiger partial charge >= 0.3 is 5.97 Å². The first-order valence-corrected chi connectivity index (χ1v) is 7.42. The van der Waals surface area contributed by atoms with Crippen molar-refractivity contribution in [1.29, 1.82) is 0 Å². The standard InChI is InChI=1S/C18H18O5/c1-20-15-5-3-2-4-14(15)12-23-18(19)11-13-6-7-16-17(10-13)22-9-8-21-16/h2-7,10H,8-9,11-12H2,1H3. The maximum absolute atomic E-state index is 12.0. The van der Waals surface area contributed by atoms with E-state index in [4.69, 9.17) is 18.9 Å². The van der Waals surface area contributed by atoms with Crippen molar-refractivity contribution in [1.82, 2.24) is 0 Å². The van der Waals surface area contributed by atoms with E-state index in [1.54, 1.807) is 7.11 Å². The number of rotatable bonds is 5. The van der Waals surface area contributed by atoms with Gasteiger partial charge in [0.05, 0.1) is 13.5 Å². The van der Waals surface area contributed by atoms with Crippen LogP contribution in [0.2, 0.25) is 0 Å². The second kappa shape index (κ2) is 7.05. The van der Waals surface area contributed by atoms with Crippen molar-refractivity contribution >= 4 is 5.97 Å². The van der Waals surface area contributed by atoms with Crippen molar-refractivity contribution in [3.63, 3.8) is 0 Å². The van der Waals surface area contributed by atoms with Crippen LogP contribution in [0.4, 0.5) is 0 Å². The van der Waals surface area contributed by atoms with Gasteiger partial charge in [-0.3, -0.25) is 4.79 Å². The molecular weight excluding hydrogens is 296 g/mol. The van der Waals surface area contributed by atoms with Gasteiger partial charge in [-0.05, 0) is 23.8 Å². The van der Waals surface area contributed by atoms with Crippen molar-refractivity contribution in [2.24, 2.45) is 0 Å². The zero-order valence-corrected chi connectivity index (χ0v) is 12.9. The summed E-state index contributed by atoms with van der Waals surface area (Å²) in [4.78, 5) is 12.0. The van der Waals surface area contributed by atoms with Crippen molar-refractivity contribution in [3.8, 4) is 17.2 Å². The average Bonchev–Trinajstić information content (AvgIpc) is 2.60. The summed E-state index contributed by atoms with van der Waals surface area (Å²) in [7, 11) is 1.59. The minimum atomic E-state index is -0.299. The number of esters is 1. The summed E-state index contributed by atoms with van der Waals surface area (Å²) in [5.74, 6) is 1.79. The highest BCUT2D eigenvalue weighted by atomic mass is 16.6. The van der Waals surface area contributed by atoms with Gasteiger partial charge in [-0.2, -0.15) is 0 Å². The largest absolute Gasteiger partial charge is 0.496 e. The minimum Gasteiger partial charge on any atom is -0.496 e. The highest BCUT2D eigenvalue weighted by molar-refractivity contribution is 5.73. The zero-order chi connectivity index (χ0) is 16.1. The summed E-state index contributed by atoms with van der Waals surface area (Å²) >= 11 is 0. The third kappa shape index (κ3) is 3.74. The van der Waals surface area contributed by atoms with Crippen molar-refractivity contribution in [2.75, 3.05) is 20.3 Å². The maximum atomic E-state index is 12.0. The molecule has 1 aliphatic heterocycles. The molecule has 0 aromatic heterocycles. The number of hydrogen-bond donors (Lipinski definition) is 0. The van der Waals surface area contributed by atoms with Crippen molar-refractivity contribution in [2.45, 2.75) is 13.0 Å². The number of hydrogen-bond acceptors (Lipinski definition) is 5. The van der Waals surface area contributed by atoms with Crippen LogP contribution >= 0.6 is 0 Å². The Morgan fingerprint density at radius 2 is 1.87 bits per heavy atom. The predicted molar refractivity (Wildman–Crippen MR) is 83.9 cm³/mol. The summed E-state index contributed by atoms with van der Waals surface area (Å²) < 4.78 is 21.5. The van der Waals surface area contributed by atoms with Crippen LogP contribution in [0.25, 0.3) is 0 Å². The molecule has 2 aromatic rings. The Morgan fingerprint density at radius 3 is 2.70 bits per heavy atom. The number of fused-ring (bicyclic) bond motifs is 1. The van der Waals surface area contributed by atoms with Crippen LogP contribution in [-0.2, 0) is 22.6 Å². The monoisotopic (exact) mass is 314 g/mol. The molecule has 5 heteroatoms. The van der Waals surface area contributed by atoms with Crippen LogP contribution in [-0.4, -0.2) is 26.3 Å². The molecule has 0 bridgehead atoms. The second-order valence-corrected chi connectivity index (χ2v) is 5.13. The number of carbonyl (C=O) groups is 1. The van der Waals surface area contributed by atoms with E-state index in [1.807, 2.05) is 42.5 Å². The molecule has 0 amide bonds. The number of benzene rings is 2. The molecule has 23 heavy (non-hydrogen) atoms. The van der Waals surface area contributed by atoms with Crippen LogP contribution in [0, 0.1) is 0 Å². The first-order valence-electron chi connectivity index (χ1n) is 7.42. The topological polar surface area (TPSA) is 54.0 Å². The minimum absolute atomic E-state index is 0.186. The summed E-state index contributed by atoms with van der Waals surface area (Å²) in [6, 6.07) is 12.9. The van der Waals surface area contributed by atoms with Crippen LogP contribution in [0.5, 0.6) is 17.2 Å². The fraction of sp³-hybridized carbons (Fsp3) is 0.278. The Kier molecular flexibility index (Phi) is 4.66. The molecule has 0 aliphatic carbocycles. The van der Waals surface area contributed by atoms with E-state index >= 15 is 0 Å². The summed E-state index contributed by atoms with van der Waals surface area (Å²) in [5, 5.41) is 0. The van der Waals surface area contributed by atoms with E-state index in [9.17, 15) is 4.79 Å². The number of ether oxygens (including phenoxy) is 4. The summed E-state index contributed by atoms with van der Waals surface area (Å²) in [5.41, 5.74) is 1.67. The van der Waals surface area contributed by atoms with E-state index < -0.39 is 0 Å². The molecule has 0 radical (unpaired) electrons. The average molecular weight is 314 g/mol. The van der Waals surface area contributed by atoms with E-state index in [1.165, 1.54) is 0 Å². The molecule has 0 atom stereocenters. The van der Waals surface area contributed by atoms with E-state index in [-0.39, 0.29) is 19.0 Å². The molecule has 2 aromatic carbocycles. The van der Waals surface area contributed by atoms with E-state index in [2.05, 4.69) is 0 Å². The Labute approximate surface area is 134 Å². The third-order valence-electron chi connectivity index (χ3n) is 3.54. The third-order valence-corrected chi connectivity index (χ3v) is 3.54. The molecule has 120 valence electrons. The first-order chi connectivity index (χ1) is 11.3. The number of methoxy groups -OCH3 is 1. The fourth-order valence-electron chi connectivity index (χ4n) is 2.40. The Hall–Kier alpha value is -2.69. The van der Waals surface area contributed by atoms with E-state index in [0.717, 1.165) is 11.1 Å². The van der Waals surface area contributed by atoms with Crippen molar-refractivity contribution in [3.05, 3.63) is 53.6 Å². The lowest BCUT2D eigenvalue weighted by atomic mass is 10.1. The van der Waals surface area contributed by atoms with Gasteiger partial charge in [-0.1, -0.05) is 24.3 Å². The van der Waals surface area contributed by atoms with Gasteiger partial charge in [0.15, 0.2) is 11.5 Å². The molecule has 0 fully saturated rings. The van der Waals surface area contributed by atoms with Gasteiger partial charge in [0.2, 0.25) is 0 Å². The molecule has 0 saturated heterocycles. The van der Waals surface area contributed by atoms with Gasteiger partial charge in [-0.15, -0.1) is 0 Å². The molecule has 0 unspecified atom stereocenters. The summed E-state index contributed by atoms with van der Waals surface area (Å²) in [6.07, 6.45) is 0.186. The smallest absolute Gasteiger partial charge is 0.310 e. The SMILES string of the molecule is COc1ccccc1COC(=O)Cc1ccc2c(c1)OCCO2. The lowest BCUT2D eigenvalue weighted by molar-refractivity contribution is -0.144. The maximum Gasteiger partial charge on any atom is 0.310 e. The molecule has 0 N–H and O–H groups in total. The molecule has 0 saturated carbocycles. The second-order valence-electron chi connectivity index (χ2n) is 5.13. The quantitative estimate of drug-likeness (QED) is 0.794. The Bertz CT molecular complexity index is 696. The van der Waals surface area contributed by atoms with Gasteiger partial charge in [-0.25, -0.2) is 0 Å². The summed E-state index contributed by atoms with van der Waals surface area (Å²) in [6.45, 7) is 1.26. The highest BCUT2D eigenvalue weighted by Gasteiger charge is 2.14. The number of para-hydroxylation sites is 1. The lowest BCUT2D eigenvalue weighted by Gasteiger charge is -2.18.